The molecule has 0 aliphatic heterocycles. The van der Waals surface area contributed by atoms with Crippen LogP contribution in [0.4, 0.5) is 0 Å². The van der Waals surface area contributed by atoms with Gasteiger partial charge in [-0.2, -0.15) is 5.26 Å². The van der Waals surface area contributed by atoms with Crippen molar-refractivity contribution in [2.24, 2.45) is 5.92 Å². The van der Waals surface area contributed by atoms with Crippen LogP contribution >= 0.6 is 0 Å². The molecule has 0 aliphatic carbocycles. The number of esters is 1. The van der Waals surface area contributed by atoms with Crippen LogP contribution in [0, 0.1) is 24.2 Å². The summed E-state index contributed by atoms with van der Waals surface area (Å²) in [7, 11) is 1.15. The molecule has 0 heterocycles. The van der Waals surface area contributed by atoms with Crippen molar-refractivity contribution < 1.29 is 14.3 Å². The number of ether oxygens (including phenoxy) is 1. The number of nitriles is 1. The first kappa shape index (κ1) is 11.9. The van der Waals surface area contributed by atoms with Gasteiger partial charge in [0.25, 0.3) is 0 Å². The van der Waals surface area contributed by atoms with Gasteiger partial charge in [-0.3, -0.25) is 9.59 Å². The van der Waals surface area contributed by atoms with Gasteiger partial charge in [0.15, 0.2) is 5.78 Å². The van der Waals surface area contributed by atoms with Crippen molar-refractivity contribution in [3.8, 4) is 6.07 Å². The summed E-state index contributed by atoms with van der Waals surface area (Å²) in [4.78, 5) is 23.1. The monoisotopic (exact) mass is 217 g/mol. The van der Waals surface area contributed by atoms with Gasteiger partial charge in [-0.15, -0.1) is 0 Å². The quantitative estimate of drug-likeness (QED) is 0.437. The molecule has 16 heavy (non-hydrogen) atoms. The Bertz CT molecular complexity index is 460. The number of hydrogen-bond donors (Lipinski definition) is 0. The molecule has 4 heteroatoms. The fraction of sp³-hybridized carbons (Fsp3) is 0.250. The Kier molecular flexibility index (Phi) is 3.78. The fourth-order valence-electron chi connectivity index (χ4n) is 1.34. The number of hydrogen-bond acceptors (Lipinski definition) is 4. The van der Waals surface area contributed by atoms with Gasteiger partial charge in [0.2, 0.25) is 5.92 Å². The number of methoxy groups -OCH3 is 1. The molecule has 1 rings (SSSR count). The van der Waals surface area contributed by atoms with Crippen LogP contribution in [0.1, 0.15) is 15.9 Å². The summed E-state index contributed by atoms with van der Waals surface area (Å²) in [6, 6.07) is 8.46. The van der Waals surface area contributed by atoms with Crippen molar-refractivity contribution in [1.82, 2.24) is 0 Å². The van der Waals surface area contributed by atoms with Gasteiger partial charge in [-0.25, -0.2) is 0 Å². The highest BCUT2D eigenvalue weighted by Gasteiger charge is 2.28. The van der Waals surface area contributed by atoms with Crippen molar-refractivity contribution in [2.75, 3.05) is 7.11 Å². The Morgan fingerprint density at radius 1 is 1.38 bits per heavy atom. The van der Waals surface area contributed by atoms with Crippen LogP contribution in [0.3, 0.4) is 0 Å². The first-order chi connectivity index (χ1) is 7.61. The second-order valence-corrected chi connectivity index (χ2v) is 3.26. The maximum absolute atomic E-state index is 11.9. The summed E-state index contributed by atoms with van der Waals surface area (Å²) in [5.41, 5.74) is 1.11. The number of nitrogens with zero attached hydrogens (tertiary/aromatic N) is 1. The SMILES string of the molecule is COC(=O)[C@H](C#N)C(=O)c1ccccc1C. The molecule has 0 radical (unpaired) electrons. The zero-order valence-electron chi connectivity index (χ0n) is 9.06. The van der Waals surface area contributed by atoms with Gasteiger partial charge in [-0.1, -0.05) is 24.3 Å². The molecule has 1 atom stereocenters. The van der Waals surface area contributed by atoms with Gasteiger partial charge in [0, 0.05) is 5.56 Å². The molecule has 0 saturated carbocycles. The normalized spacial score (nSPS) is 11.3. The van der Waals surface area contributed by atoms with E-state index in [0.29, 0.717) is 5.56 Å². The number of benzene rings is 1. The summed E-state index contributed by atoms with van der Waals surface area (Å²) >= 11 is 0. The maximum Gasteiger partial charge on any atom is 0.331 e. The van der Waals surface area contributed by atoms with Gasteiger partial charge >= 0.3 is 5.97 Å². The summed E-state index contributed by atoms with van der Waals surface area (Å²) in [5, 5.41) is 8.78. The predicted molar refractivity (Wildman–Crippen MR) is 56.6 cm³/mol. The van der Waals surface area contributed by atoms with E-state index in [1.165, 1.54) is 0 Å². The molecule has 0 spiro atoms. The van der Waals surface area contributed by atoms with Crippen molar-refractivity contribution in [3.63, 3.8) is 0 Å². The molecule has 0 saturated heterocycles. The van der Waals surface area contributed by atoms with E-state index in [4.69, 9.17) is 5.26 Å². The number of carbonyl (C=O) groups is 2. The Balaban J connectivity index is 3.07. The molecule has 0 aliphatic rings. The molecule has 1 aromatic carbocycles. The van der Waals surface area contributed by atoms with E-state index in [9.17, 15) is 9.59 Å². The van der Waals surface area contributed by atoms with Gasteiger partial charge in [0.1, 0.15) is 0 Å². The molecular formula is C12H11NO3. The van der Waals surface area contributed by atoms with E-state index in [1.807, 2.05) is 0 Å². The molecule has 0 amide bonds. The van der Waals surface area contributed by atoms with Gasteiger partial charge in [0.05, 0.1) is 13.2 Å². The second kappa shape index (κ2) is 5.08. The fourth-order valence-corrected chi connectivity index (χ4v) is 1.34. The second-order valence-electron chi connectivity index (χ2n) is 3.26. The summed E-state index contributed by atoms with van der Waals surface area (Å²) < 4.78 is 4.40. The van der Waals surface area contributed by atoms with E-state index in [-0.39, 0.29) is 0 Å². The first-order valence-electron chi connectivity index (χ1n) is 4.69. The Morgan fingerprint density at radius 2 is 2.00 bits per heavy atom. The number of carbonyl (C=O) groups excluding carboxylic acids is 2. The minimum atomic E-state index is -1.38. The highest BCUT2D eigenvalue weighted by atomic mass is 16.5. The number of rotatable bonds is 3. The lowest BCUT2D eigenvalue weighted by Gasteiger charge is -2.07. The van der Waals surface area contributed by atoms with Crippen LogP contribution in [-0.2, 0) is 9.53 Å². The third-order valence-corrected chi connectivity index (χ3v) is 2.24. The molecule has 0 aromatic heterocycles. The van der Waals surface area contributed by atoms with E-state index >= 15 is 0 Å². The van der Waals surface area contributed by atoms with Crippen LogP contribution in [0.25, 0.3) is 0 Å². The van der Waals surface area contributed by atoms with Crippen LogP contribution in [0.5, 0.6) is 0 Å². The molecule has 4 nitrogen and oxygen atoms in total. The standard InChI is InChI=1S/C12H11NO3/c1-8-5-3-4-6-9(8)11(14)10(7-13)12(15)16-2/h3-6,10H,1-2H3/t10-/m1/s1. The molecule has 0 N–H and O–H groups in total. The Hall–Kier alpha value is -2.15. The minimum Gasteiger partial charge on any atom is -0.468 e. The minimum absolute atomic E-state index is 0.374. The largest absolute Gasteiger partial charge is 0.468 e. The molecule has 0 bridgehead atoms. The first-order valence-corrected chi connectivity index (χ1v) is 4.69. The summed E-state index contributed by atoms with van der Waals surface area (Å²) in [5.74, 6) is -2.73. The Labute approximate surface area is 93.5 Å². The van der Waals surface area contributed by atoms with E-state index in [0.717, 1.165) is 12.7 Å². The molecule has 0 unspecified atom stereocenters. The molecule has 82 valence electrons. The van der Waals surface area contributed by atoms with Crippen LogP contribution in [0.15, 0.2) is 24.3 Å². The number of Topliss-reactive ketones (excluding diaryl/α,β-unsaturated/α-hetero) is 1. The number of ketones is 1. The van der Waals surface area contributed by atoms with Gasteiger partial charge < -0.3 is 4.74 Å². The zero-order chi connectivity index (χ0) is 12.1. The van der Waals surface area contributed by atoms with E-state index in [1.54, 1.807) is 37.3 Å². The van der Waals surface area contributed by atoms with Crippen LogP contribution in [-0.4, -0.2) is 18.9 Å². The highest BCUT2D eigenvalue weighted by Crippen LogP contribution is 2.14. The predicted octanol–water partition coefficient (Wildman–Crippen LogP) is 1.49. The van der Waals surface area contributed by atoms with Gasteiger partial charge in [-0.05, 0) is 12.5 Å². The Morgan fingerprint density at radius 3 is 2.50 bits per heavy atom. The average molecular weight is 217 g/mol. The molecular weight excluding hydrogens is 206 g/mol. The maximum atomic E-state index is 11.9. The topological polar surface area (TPSA) is 67.2 Å². The smallest absolute Gasteiger partial charge is 0.331 e. The van der Waals surface area contributed by atoms with Crippen molar-refractivity contribution in [3.05, 3.63) is 35.4 Å². The molecule has 1 aromatic rings. The summed E-state index contributed by atoms with van der Waals surface area (Å²) in [6.07, 6.45) is 0. The van der Waals surface area contributed by atoms with Crippen LogP contribution < -0.4 is 0 Å². The average Bonchev–Trinajstić information content (AvgIpc) is 2.30. The third-order valence-electron chi connectivity index (χ3n) is 2.24. The zero-order valence-corrected chi connectivity index (χ0v) is 9.06. The van der Waals surface area contributed by atoms with Crippen molar-refractivity contribution in [1.29, 1.82) is 5.26 Å². The summed E-state index contributed by atoms with van der Waals surface area (Å²) in [6.45, 7) is 1.75. The van der Waals surface area contributed by atoms with E-state index in [2.05, 4.69) is 4.74 Å². The van der Waals surface area contributed by atoms with Crippen molar-refractivity contribution in [2.45, 2.75) is 6.92 Å². The highest BCUT2D eigenvalue weighted by molar-refractivity contribution is 6.11. The lowest BCUT2D eigenvalue weighted by Crippen LogP contribution is -2.24. The lowest BCUT2D eigenvalue weighted by atomic mass is 9.95. The van der Waals surface area contributed by atoms with Crippen molar-refractivity contribution >= 4 is 11.8 Å². The van der Waals surface area contributed by atoms with E-state index < -0.39 is 17.7 Å². The van der Waals surface area contributed by atoms with Crippen LogP contribution in [0.2, 0.25) is 0 Å². The number of aryl methyl sites for hydroxylation is 1. The third kappa shape index (κ3) is 2.26. The molecule has 0 fully saturated rings. The lowest BCUT2D eigenvalue weighted by molar-refractivity contribution is -0.141.